The molecule has 0 aliphatic carbocycles. The molecule has 2 aromatic carbocycles. The van der Waals surface area contributed by atoms with Gasteiger partial charge in [0.15, 0.2) is 7.14 Å². The van der Waals surface area contributed by atoms with Crippen molar-refractivity contribution in [1.82, 2.24) is 0 Å². The molecule has 0 amide bonds. The second-order valence-corrected chi connectivity index (χ2v) is 6.23. The molecular weight excluding hydrogens is 314 g/mol. The van der Waals surface area contributed by atoms with E-state index in [4.69, 9.17) is 0 Å². The number of hydrogen-bond donors (Lipinski definition) is 2. The van der Waals surface area contributed by atoms with E-state index in [1.54, 1.807) is 6.07 Å². The van der Waals surface area contributed by atoms with E-state index in [0.29, 0.717) is 5.46 Å². The summed E-state index contributed by atoms with van der Waals surface area (Å²) in [4.78, 5) is 0. The van der Waals surface area contributed by atoms with Crippen molar-refractivity contribution < 1.29 is 31.3 Å². The van der Waals surface area contributed by atoms with E-state index >= 15 is 0 Å². The fourth-order valence-corrected chi connectivity index (χ4v) is 3.97. The normalized spacial score (nSPS) is 10.1. The van der Waals surface area contributed by atoms with Crippen LogP contribution in [-0.4, -0.2) is 17.2 Å². The Kier molecular flexibility index (Phi) is 3.98. The van der Waals surface area contributed by atoms with Crippen molar-refractivity contribution in [2.24, 2.45) is 0 Å². The number of hydrogen-bond acceptors (Lipinski definition) is 2. The molecule has 0 aromatic heterocycles. The third-order valence-corrected chi connectivity index (χ3v) is 5.03. The highest BCUT2D eigenvalue weighted by molar-refractivity contribution is 6.58. The first-order valence-electron chi connectivity index (χ1n) is 4.92. The van der Waals surface area contributed by atoms with Gasteiger partial charge in [-0.15, -0.1) is 0 Å². The molecule has 0 heterocycles. The second-order valence-electron chi connectivity index (χ2n) is 3.29. The standard InChI is InChI=1S/C12H11BIO2/c15-13(16)11-8-4-5-9-12(11)14-10-6-2-1-3-7-10/h1-9,15-16H/q+1. The summed E-state index contributed by atoms with van der Waals surface area (Å²) in [5.74, 6) is 0. The fraction of sp³-hybridized carbons (Fsp3) is 0. The zero-order chi connectivity index (χ0) is 11.4. The summed E-state index contributed by atoms with van der Waals surface area (Å²) in [6.45, 7) is 0. The minimum atomic E-state index is -1.38. The molecular formula is C12H11BIO2+. The van der Waals surface area contributed by atoms with Crippen LogP contribution in [0.4, 0.5) is 0 Å². The summed E-state index contributed by atoms with van der Waals surface area (Å²) in [5.41, 5.74) is 0.624. The molecule has 2 N–H and O–H groups in total. The Bertz CT molecular complexity index is 460. The van der Waals surface area contributed by atoms with Gasteiger partial charge in [0.25, 0.3) is 0 Å². The molecule has 0 saturated heterocycles. The van der Waals surface area contributed by atoms with E-state index in [1.807, 2.05) is 36.4 Å². The smallest absolute Gasteiger partial charge is 0.423 e. The third-order valence-electron chi connectivity index (χ3n) is 2.13. The lowest BCUT2D eigenvalue weighted by Gasteiger charge is -1.97. The number of benzene rings is 2. The third kappa shape index (κ3) is 2.84. The molecule has 0 fully saturated rings. The quantitative estimate of drug-likeness (QED) is 0.484. The largest absolute Gasteiger partial charge is 0.493 e. The van der Waals surface area contributed by atoms with Crippen LogP contribution in [0.5, 0.6) is 0 Å². The predicted molar refractivity (Wildman–Crippen MR) is 60.1 cm³/mol. The Hall–Kier alpha value is -0.845. The van der Waals surface area contributed by atoms with Gasteiger partial charge in [-0.3, -0.25) is 0 Å². The predicted octanol–water partition coefficient (Wildman–Crippen LogP) is -2.51. The Morgan fingerprint density at radius 2 is 1.44 bits per heavy atom. The maximum atomic E-state index is 9.26. The van der Waals surface area contributed by atoms with Gasteiger partial charge in [-0.2, -0.15) is 0 Å². The minimum Gasteiger partial charge on any atom is -0.423 e. The minimum absolute atomic E-state index is 0.347. The highest BCUT2D eigenvalue weighted by Crippen LogP contribution is 1.86. The molecule has 16 heavy (non-hydrogen) atoms. The molecule has 2 nitrogen and oxygen atoms in total. The fourth-order valence-electron chi connectivity index (χ4n) is 1.37. The number of halogens is 1. The van der Waals surface area contributed by atoms with Gasteiger partial charge in [0.05, 0.1) is 0 Å². The monoisotopic (exact) mass is 325 g/mol. The first kappa shape index (κ1) is 11.6. The summed E-state index contributed by atoms with van der Waals surface area (Å²) >= 11 is -0.347. The number of rotatable bonds is 3. The van der Waals surface area contributed by atoms with Crippen molar-refractivity contribution in [3.63, 3.8) is 0 Å². The van der Waals surface area contributed by atoms with Gasteiger partial charge in [-0.25, -0.2) is 0 Å². The highest BCUT2D eigenvalue weighted by atomic mass is 127. The van der Waals surface area contributed by atoms with E-state index in [9.17, 15) is 10.0 Å². The highest BCUT2D eigenvalue weighted by Gasteiger charge is 2.25. The van der Waals surface area contributed by atoms with Gasteiger partial charge >= 0.3 is 28.3 Å². The Morgan fingerprint density at radius 1 is 0.812 bits per heavy atom. The molecule has 0 aliphatic heterocycles. The molecule has 0 bridgehead atoms. The van der Waals surface area contributed by atoms with Gasteiger partial charge in [0.2, 0.25) is 0 Å². The zero-order valence-electron chi connectivity index (χ0n) is 8.55. The van der Waals surface area contributed by atoms with Crippen LogP contribution in [0.15, 0.2) is 54.6 Å². The van der Waals surface area contributed by atoms with Gasteiger partial charge in [-0.05, 0) is 18.2 Å². The van der Waals surface area contributed by atoms with Crippen molar-refractivity contribution in [2.75, 3.05) is 0 Å². The molecule has 80 valence electrons. The first-order chi connectivity index (χ1) is 7.77. The first-order valence-corrected chi connectivity index (χ1v) is 7.08. The van der Waals surface area contributed by atoms with E-state index in [2.05, 4.69) is 12.1 Å². The SMILES string of the molecule is OB(O)c1ccccc1[I+]c1ccccc1. The maximum absolute atomic E-state index is 9.26. The van der Waals surface area contributed by atoms with E-state index < -0.39 is 7.12 Å². The molecule has 0 radical (unpaired) electrons. The van der Waals surface area contributed by atoms with Crippen molar-refractivity contribution in [1.29, 1.82) is 0 Å². The van der Waals surface area contributed by atoms with Crippen molar-refractivity contribution >= 4 is 12.6 Å². The van der Waals surface area contributed by atoms with E-state index in [0.717, 1.165) is 3.57 Å². The van der Waals surface area contributed by atoms with Gasteiger partial charge in [-0.1, -0.05) is 36.4 Å². The van der Waals surface area contributed by atoms with Gasteiger partial charge in [0, 0.05) is 5.46 Å². The van der Waals surface area contributed by atoms with Crippen LogP contribution in [0.3, 0.4) is 0 Å². The summed E-state index contributed by atoms with van der Waals surface area (Å²) in [6.07, 6.45) is 0. The van der Waals surface area contributed by atoms with E-state index in [-0.39, 0.29) is 21.2 Å². The summed E-state index contributed by atoms with van der Waals surface area (Å²) in [7, 11) is -1.38. The van der Waals surface area contributed by atoms with Gasteiger partial charge < -0.3 is 10.0 Å². The second kappa shape index (κ2) is 5.47. The Labute approximate surface area is 105 Å². The summed E-state index contributed by atoms with van der Waals surface area (Å²) < 4.78 is 2.33. The van der Waals surface area contributed by atoms with Crippen molar-refractivity contribution in [2.45, 2.75) is 0 Å². The molecule has 0 aliphatic rings. The molecule has 0 unspecified atom stereocenters. The van der Waals surface area contributed by atoms with Crippen LogP contribution in [0.2, 0.25) is 0 Å². The lowest BCUT2D eigenvalue weighted by atomic mass is 9.81. The Morgan fingerprint density at radius 3 is 2.12 bits per heavy atom. The van der Waals surface area contributed by atoms with Crippen molar-refractivity contribution in [3.05, 3.63) is 61.7 Å². The lowest BCUT2D eigenvalue weighted by Crippen LogP contribution is -3.62. The average molecular weight is 325 g/mol. The molecule has 2 aromatic rings. The topological polar surface area (TPSA) is 40.5 Å². The molecule has 0 atom stereocenters. The Balaban J connectivity index is 2.28. The lowest BCUT2D eigenvalue weighted by molar-refractivity contribution is -0.596. The summed E-state index contributed by atoms with van der Waals surface area (Å²) in [5, 5.41) is 18.5. The van der Waals surface area contributed by atoms with Crippen LogP contribution >= 0.6 is 0 Å². The average Bonchev–Trinajstić information content (AvgIpc) is 2.31. The van der Waals surface area contributed by atoms with Crippen LogP contribution in [0.1, 0.15) is 0 Å². The molecule has 0 saturated carbocycles. The molecule has 0 spiro atoms. The zero-order valence-corrected chi connectivity index (χ0v) is 10.7. The van der Waals surface area contributed by atoms with Crippen LogP contribution in [0.25, 0.3) is 0 Å². The van der Waals surface area contributed by atoms with Crippen LogP contribution in [-0.2, 0) is 0 Å². The molecule has 4 heteroatoms. The van der Waals surface area contributed by atoms with Gasteiger partial charge in [0.1, 0.15) is 0 Å². The maximum Gasteiger partial charge on any atom is 0.493 e. The van der Waals surface area contributed by atoms with Crippen LogP contribution in [0, 0.1) is 7.14 Å². The molecule has 2 rings (SSSR count). The summed E-state index contributed by atoms with van der Waals surface area (Å²) in [6, 6.07) is 17.6. The van der Waals surface area contributed by atoms with E-state index in [1.165, 1.54) is 3.57 Å². The van der Waals surface area contributed by atoms with Crippen molar-refractivity contribution in [3.8, 4) is 0 Å². The van der Waals surface area contributed by atoms with Crippen LogP contribution < -0.4 is 26.7 Å².